The van der Waals surface area contributed by atoms with Gasteiger partial charge in [-0.2, -0.15) is 0 Å². The molecule has 1 fully saturated rings. The van der Waals surface area contributed by atoms with Crippen LogP contribution in [-0.4, -0.2) is 41.1 Å². The summed E-state index contributed by atoms with van der Waals surface area (Å²) in [5, 5.41) is 5.48. The molecule has 1 aromatic carbocycles. The molecule has 9 heteroatoms. The Morgan fingerprint density at radius 2 is 1.96 bits per heavy atom. The number of rotatable bonds is 5. The molecule has 1 aliphatic rings. The van der Waals surface area contributed by atoms with Gasteiger partial charge in [0.2, 0.25) is 0 Å². The molecule has 1 aliphatic heterocycles. The standard InChI is InChI=1S/C18H24N4O2S.2ClH/c1-12-8-22(9-13(2)24-12)10-14-5-3-4-6-15(14)21-18(23)16-11-25-17(7-19)20-16;;/h3-6,11-13H,7-10,19H2,1-2H3,(H,21,23);2*1H. The summed E-state index contributed by atoms with van der Waals surface area (Å²) in [6, 6.07) is 7.90. The van der Waals surface area contributed by atoms with E-state index in [9.17, 15) is 4.79 Å². The van der Waals surface area contributed by atoms with Crippen molar-refractivity contribution in [3.63, 3.8) is 0 Å². The fraction of sp³-hybridized carbons (Fsp3) is 0.444. The van der Waals surface area contributed by atoms with Gasteiger partial charge in [-0.25, -0.2) is 4.98 Å². The molecule has 6 nitrogen and oxygen atoms in total. The number of morpholine rings is 1. The number of nitrogens with one attached hydrogen (secondary N) is 1. The number of carbonyl (C=O) groups excluding carboxylic acids is 1. The van der Waals surface area contributed by atoms with E-state index in [-0.39, 0.29) is 42.9 Å². The third-order valence-corrected chi connectivity index (χ3v) is 4.98. The third kappa shape index (κ3) is 6.41. The number of nitrogens with zero attached hydrogens (tertiary/aromatic N) is 2. The van der Waals surface area contributed by atoms with E-state index < -0.39 is 0 Å². The Bertz CT molecular complexity index is 734. The van der Waals surface area contributed by atoms with Gasteiger partial charge in [-0.15, -0.1) is 36.2 Å². The van der Waals surface area contributed by atoms with Crippen LogP contribution in [0.1, 0.15) is 34.9 Å². The second kappa shape index (κ2) is 10.9. The number of hydrogen-bond acceptors (Lipinski definition) is 6. The third-order valence-electron chi connectivity index (χ3n) is 4.11. The van der Waals surface area contributed by atoms with Crippen LogP contribution in [0.4, 0.5) is 5.69 Å². The lowest BCUT2D eigenvalue weighted by Gasteiger charge is -2.35. The molecule has 0 spiro atoms. The summed E-state index contributed by atoms with van der Waals surface area (Å²) in [6.45, 7) is 7.08. The second-order valence-corrected chi connectivity index (χ2v) is 7.34. The minimum atomic E-state index is -0.202. The first-order valence-electron chi connectivity index (χ1n) is 8.46. The molecule has 0 bridgehead atoms. The molecule has 27 heavy (non-hydrogen) atoms. The molecule has 2 aromatic rings. The van der Waals surface area contributed by atoms with Crippen molar-refractivity contribution in [2.45, 2.75) is 39.1 Å². The SMILES string of the molecule is CC1CN(Cc2ccccc2NC(=O)c2csc(CN)n2)CC(C)O1.Cl.Cl. The van der Waals surface area contributed by atoms with Crippen molar-refractivity contribution in [2.75, 3.05) is 18.4 Å². The quantitative estimate of drug-likeness (QED) is 0.757. The van der Waals surface area contributed by atoms with Crippen LogP contribution in [0.15, 0.2) is 29.6 Å². The van der Waals surface area contributed by atoms with Gasteiger partial charge in [0.15, 0.2) is 0 Å². The highest BCUT2D eigenvalue weighted by Crippen LogP contribution is 2.21. The second-order valence-electron chi connectivity index (χ2n) is 6.39. The minimum Gasteiger partial charge on any atom is -0.373 e. The van der Waals surface area contributed by atoms with Gasteiger partial charge in [0, 0.05) is 37.2 Å². The topological polar surface area (TPSA) is 80.5 Å². The van der Waals surface area contributed by atoms with Gasteiger partial charge in [0.05, 0.1) is 12.2 Å². The lowest BCUT2D eigenvalue weighted by Crippen LogP contribution is -2.44. The summed E-state index contributed by atoms with van der Waals surface area (Å²) in [5.74, 6) is -0.202. The van der Waals surface area contributed by atoms with Gasteiger partial charge in [0.1, 0.15) is 10.7 Å². The normalized spacial score (nSPS) is 19.7. The first kappa shape index (κ1) is 23.8. The van der Waals surface area contributed by atoms with E-state index in [1.54, 1.807) is 5.38 Å². The van der Waals surface area contributed by atoms with Crippen molar-refractivity contribution in [3.05, 3.63) is 45.9 Å². The van der Waals surface area contributed by atoms with Crippen molar-refractivity contribution < 1.29 is 9.53 Å². The number of nitrogens with two attached hydrogens (primary N) is 1. The van der Waals surface area contributed by atoms with E-state index in [1.165, 1.54) is 11.3 Å². The molecule has 0 saturated carbocycles. The van der Waals surface area contributed by atoms with Gasteiger partial charge in [-0.3, -0.25) is 9.69 Å². The highest BCUT2D eigenvalue weighted by molar-refractivity contribution is 7.09. The van der Waals surface area contributed by atoms with Crippen LogP contribution in [0.5, 0.6) is 0 Å². The van der Waals surface area contributed by atoms with Crippen LogP contribution in [0.2, 0.25) is 0 Å². The molecule has 2 heterocycles. The number of anilines is 1. The zero-order valence-electron chi connectivity index (χ0n) is 15.4. The smallest absolute Gasteiger partial charge is 0.275 e. The fourth-order valence-corrected chi connectivity index (χ4v) is 3.78. The van der Waals surface area contributed by atoms with Gasteiger partial charge < -0.3 is 15.8 Å². The van der Waals surface area contributed by atoms with E-state index in [0.29, 0.717) is 12.2 Å². The van der Waals surface area contributed by atoms with Gasteiger partial charge in [-0.1, -0.05) is 18.2 Å². The Hall–Kier alpha value is -1.22. The number of amides is 1. The van der Waals surface area contributed by atoms with Gasteiger partial charge >= 0.3 is 0 Å². The average Bonchev–Trinajstić information content (AvgIpc) is 3.05. The van der Waals surface area contributed by atoms with Gasteiger partial charge in [-0.05, 0) is 25.5 Å². The minimum absolute atomic E-state index is 0. The molecule has 1 saturated heterocycles. The van der Waals surface area contributed by atoms with Crippen LogP contribution < -0.4 is 11.1 Å². The number of ether oxygens (including phenoxy) is 1. The molecule has 0 aliphatic carbocycles. The fourth-order valence-electron chi connectivity index (χ4n) is 3.13. The number of halogens is 2. The van der Waals surface area contributed by atoms with Crippen LogP contribution >= 0.6 is 36.2 Å². The molecule has 2 unspecified atom stereocenters. The van der Waals surface area contributed by atoms with Crippen molar-refractivity contribution >= 4 is 47.7 Å². The summed E-state index contributed by atoms with van der Waals surface area (Å²) in [4.78, 5) is 19.1. The lowest BCUT2D eigenvalue weighted by atomic mass is 10.1. The molecular weight excluding hydrogens is 407 g/mol. The van der Waals surface area contributed by atoms with Crippen molar-refractivity contribution in [1.82, 2.24) is 9.88 Å². The Balaban J connectivity index is 0.00000182. The van der Waals surface area contributed by atoms with E-state index >= 15 is 0 Å². The first-order valence-corrected chi connectivity index (χ1v) is 9.34. The predicted octanol–water partition coefficient (Wildman–Crippen LogP) is 3.31. The van der Waals surface area contributed by atoms with Crippen LogP contribution in [-0.2, 0) is 17.8 Å². The zero-order chi connectivity index (χ0) is 17.8. The zero-order valence-corrected chi connectivity index (χ0v) is 17.8. The molecule has 1 aromatic heterocycles. The Kier molecular flexibility index (Phi) is 9.66. The number of para-hydroxylation sites is 1. The highest BCUT2D eigenvalue weighted by Gasteiger charge is 2.23. The summed E-state index contributed by atoms with van der Waals surface area (Å²) in [7, 11) is 0. The van der Waals surface area contributed by atoms with E-state index in [0.717, 1.165) is 35.9 Å². The number of thiazole rings is 1. The average molecular weight is 433 g/mol. The van der Waals surface area contributed by atoms with Crippen molar-refractivity contribution in [2.24, 2.45) is 5.73 Å². The Morgan fingerprint density at radius 3 is 2.59 bits per heavy atom. The Labute approximate surface area is 176 Å². The van der Waals surface area contributed by atoms with Crippen LogP contribution in [0.3, 0.4) is 0 Å². The van der Waals surface area contributed by atoms with Crippen molar-refractivity contribution in [1.29, 1.82) is 0 Å². The summed E-state index contributed by atoms with van der Waals surface area (Å²) in [5.41, 5.74) is 7.89. The van der Waals surface area contributed by atoms with E-state index in [2.05, 4.69) is 29.0 Å². The first-order chi connectivity index (χ1) is 12.0. The summed E-state index contributed by atoms with van der Waals surface area (Å²) < 4.78 is 5.79. The molecule has 3 rings (SSSR count). The predicted molar refractivity (Wildman–Crippen MR) is 114 cm³/mol. The maximum absolute atomic E-state index is 12.5. The maximum Gasteiger partial charge on any atom is 0.275 e. The molecular formula is C18H26Cl2N4O2S. The molecule has 2 atom stereocenters. The molecule has 3 N–H and O–H groups in total. The van der Waals surface area contributed by atoms with Crippen LogP contribution in [0.25, 0.3) is 0 Å². The van der Waals surface area contributed by atoms with Gasteiger partial charge in [0.25, 0.3) is 5.91 Å². The highest BCUT2D eigenvalue weighted by atomic mass is 35.5. The van der Waals surface area contributed by atoms with E-state index in [1.807, 2.05) is 24.3 Å². The lowest BCUT2D eigenvalue weighted by molar-refractivity contribution is -0.0704. The molecule has 1 amide bonds. The van der Waals surface area contributed by atoms with Crippen molar-refractivity contribution in [3.8, 4) is 0 Å². The maximum atomic E-state index is 12.5. The number of hydrogen-bond donors (Lipinski definition) is 2. The molecule has 150 valence electrons. The Morgan fingerprint density at radius 1 is 1.30 bits per heavy atom. The largest absolute Gasteiger partial charge is 0.373 e. The van der Waals surface area contributed by atoms with Crippen LogP contribution in [0, 0.1) is 0 Å². The number of carbonyl (C=O) groups is 1. The number of benzene rings is 1. The summed E-state index contributed by atoms with van der Waals surface area (Å²) in [6.07, 6.45) is 0.436. The number of aromatic nitrogens is 1. The monoisotopic (exact) mass is 432 g/mol. The van der Waals surface area contributed by atoms with E-state index in [4.69, 9.17) is 10.5 Å². The summed E-state index contributed by atoms with van der Waals surface area (Å²) >= 11 is 1.40. The molecule has 0 radical (unpaired) electrons.